The molecule has 1 saturated heterocycles. The van der Waals surface area contributed by atoms with Crippen LogP contribution in [0, 0.1) is 11.8 Å². The quantitative estimate of drug-likeness (QED) is 0.294. The van der Waals surface area contributed by atoms with Gasteiger partial charge in [0.2, 0.25) is 5.91 Å². The van der Waals surface area contributed by atoms with Crippen LogP contribution in [0.3, 0.4) is 0 Å². The van der Waals surface area contributed by atoms with Gasteiger partial charge in [0.05, 0.1) is 23.1 Å². The van der Waals surface area contributed by atoms with Gasteiger partial charge in [-0.1, -0.05) is 42.5 Å². The highest BCUT2D eigenvalue weighted by Crippen LogP contribution is 2.39. The van der Waals surface area contributed by atoms with E-state index in [1.165, 1.54) is 11.6 Å². The molecule has 3 heterocycles. The Labute approximate surface area is 224 Å². The number of fused-ring (bicyclic) bond motifs is 2. The summed E-state index contributed by atoms with van der Waals surface area (Å²) >= 11 is 0. The van der Waals surface area contributed by atoms with E-state index in [-0.39, 0.29) is 23.3 Å². The second-order valence-electron chi connectivity index (χ2n) is 10.9. The predicted octanol–water partition coefficient (Wildman–Crippen LogP) is 6.58. The van der Waals surface area contributed by atoms with Crippen LogP contribution < -0.4 is 0 Å². The second kappa shape index (κ2) is 9.07. The molecule has 3 aliphatic rings. The van der Waals surface area contributed by atoms with Gasteiger partial charge in [0, 0.05) is 37.3 Å². The Hall–Kier alpha value is -3.94. The van der Waals surface area contributed by atoms with Crippen molar-refractivity contribution in [1.82, 2.24) is 14.5 Å². The minimum absolute atomic E-state index is 0.0671. The van der Waals surface area contributed by atoms with Crippen molar-refractivity contribution in [3.05, 3.63) is 77.4 Å². The van der Waals surface area contributed by atoms with Crippen molar-refractivity contribution < 1.29 is 18.0 Å². The third kappa shape index (κ3) is 4.41. The monoisotopic (exact) mass is 528 g/mol. The normalized spacial score (nSPS) is 18.7. The Kier molecular flexibility index (Phi) is 5.61. The first kappa shape index (κ1) is 24.1. The smallest absolute Gasteiger partial charge is 0.342 e. The van der Waals surface area contributed by atoms with E-state index < -0.39 is 11.7 Å². The zero-order valence-corrected chi connectivity index (χ0v) is 21.3. The number of rotatable bonds is 5. The number of aromatic nitrogens is 2. The highest BCUT2D eigenvalue weighted by Gasteiger charge is 2.38. The number of aliphatic imine (C=N–C) groups is 1. The molecule has 4 aromatic rings. The molecular weight excluding hydrogens is 501 g/mol. The number of likely N-dealkylation sites (tertiary alicyclic amines) is 1. The van der Waals surface area contributed by atoms with Gasteiger partial charge in [-0.3, -0.25) is 9.79 Å². The van der Waals surface area contributed by atoms with Gasteiger partial charge in [-0.15, -0.1) is 0 Å². The molecule has 0 spiro atoms. The first-order valence-electron chi connectivity index (χ1n) is 13.4. The van der Waals surface area contributed by atoms with Gasteiger partial charge in [0.1, 0.15) is 5.82 Å². The Morgan fingerprint density at radius 1 is 0.949 bits per heavy atom. The van der Waals surface area contributed by atoms with E-state index in [0.29, 0.717) is 37.5 Å². The molecule has 1 saturated carbocycles. The fraction of sp³-hybridized carbons (Fsp3) is 0.323. The molecule has 5 nitrogen and oxygen atoms in total. The van der Waals surface area contributed by atoms with Crippen LogP contribution in [0.1, 0.15) is 36.0 Å². The first-order chi connectivity index (χ1) is 18.8. The SMILES string of the molecule is O=C(C1CC1)N1CC[C@@H](Cn2c(-c3ccc(-c4ccc5c(c4)C=NC5)cc3)nc3cccc(C(F)(F)F)c32)C1. The number of imidazole rings is 1. The van der Waals surface area contributed by atoms with Crippen molar-refractivity contribution in [2.24, 2.45) is 16.8 Å². The lowest BCUT2D eigenvalue weighted by Crippen LogP contribution is -2.30. The number of amides is 1. The minimum Gasteiger partial charge on any atom is -0.342 e. The fourth-order valence-electron chi connectivity index (χ4n) is 5.93. The summed E-state index contributed by atoms with van der Waals surface area (Å²) in [6.07, 6.45) is 0.0437. The zero-order chi connectivity index (χ0) is 26.7. The molecular formula is C31H27F3N4O. The van der Waals surface area contributed by atoms with E-state index in [9.17, 15) is 18.0 Å². The van der Waals surface area contributed by atoms with Gasteiger partial charge >= 0.3 is 6.18 Å². The molecule has 1 amide bonds. The minimum atomic E-state index is -4.50. The maximum Gasteiger partial charge on any atom is 0.418 e. The van der Waals surface area contributed by atoms with Crippen LogP contribution in [-0.2, 0) is 24.1 Å². The summed E-state index contributed by atoms with van der Waals surface area (Å²) < 4.78 is 44.1. The topological polar surface area (TPSA) is 50.5 Å². The van der Waals surface area contributed by atoms with Crippen LogP contribution in [0.4, 0.5) is 13.2 Å². The molecule has 0 N–H and O–H groups in total. The highest BCUT2D eigenvalue weighted by molar-refractivity contribution is 5.87. The second-order valence-corrected chi connectivity index (χ2v) is 10.9. The average molecular weight is 529 g/mol. The van der Waals surface area contributed by atoms with Crippen LogP contribution in [0.2, 0.25) is 0 Å². The van der Waals surface area contributed by atoms with Gasteiger partial charge in [-0.25, -0.2) is 4.98 Å². The van der Waals surface area contributed by atoms with Crippen LogP contribution in [0.25, 0.3) is 33.5 Å². The molecule has 1 aliphatic carbocycles. The molecule has 7 rings (SSSR count). The van der Waals surface area contributed by atoms with E-state index in [0.717, 1.165) is 47.6 Å². The van der Waals surface area contributed by atoms with Gasteiger partial charge < -0.3 is 9.47 Å². The van der Waals surface area contributed by atoms with Crippen LogP contribution in [0.15, 0.2) is 65.7 Å². The third-order valence-electron chi connectivity index (χ3n) is 8.15. The summed E-state index contributed by atoms with van der Waals surface area (Å²) in [6.45, 7) is 2.31. The molecule has 1 atom stereocenters. The lowest BCUT2D eigenvalue weighted by atomic mass is 9.99. The van der Waals surface area contributed by atoms with E-state index in [1.54, 1.807) is 10.6 Å². The molecule has 2 aliphatic heterocycles. The summed E-state index contributed by atoms with van der Waals surface area (Å²) in [6, 6.07) is 18.3. The predicted molar refractivity (Wildman–Crippen MR) is 144 cm³/mol. The molecule has 39 heavy (non-hydrogen) atoms. The number of para-hydroxylation sites is 1. The van der Waals surface area contributed by atoms with E-state index in [4.69, 9.17) is 4.98 Å². The van der Waals surface area contributed by atoms with Crippen LogP contribution in [0.5, 0.6) is 0 Å². The van der Waals surface area contributed by atoms with Crippen molar-refractivity contribution in [2.75, 3.05) is 13.1 Å². The van der Waals surface area contributed by atoms with Crippen molar-refractivity contribution in [3.63, 3.8) is 0 Å². The lowest BCUT2D eigenvalue weighted by molar-refractivity contribution is -0.136. The van der Waals surface area contributed by atoms with Crippen molar-refractivity contribution >= 4 is 23.2 Å². The maximum atomic E-state index is 14.1. The van der Waals surface area contributed by atoms with Gasteiger partial charge in [-0.05, 0) is 65.6 Å². The van der Waals surface area contributed by atoms with E-state index >= 15 is 0 Å². The molecule has 2 fully saturated rings. The van der Waals surface area contributed by atoms with E-state index in [1.807, 2.05) is 35.4 Å². The summed E-state index contributed by atoms with van der Waals surface area (Å²) in [5.41, 5.74) is 4.91. The van der Waals surface area contributed by atoms with Crippen LogP contribution in [-0.4, -0.2) is 39.7 Å². The van der Waals surface area contributed by atoms with Crippen molar-refractivity contribution in [1.29, 1.82) is 0 Å². The molecule has 0 unspecified atom stereocenters. The molecule has 1 aromatic heterocycles. The largest absolute Gasteiger partial charge is 0.418 e. The Morgan fingerprint density at radius 3 is 2.49 bits per heavy atom. The fourth-order valence-corrected chi connectivity index (χ4v) is 5.93. The first-order valence-corrected chi connectivity index (χ1v) is 13.4. The van der Waals surface area contributed by atoms with Crippen molar-refractivity contribution in [2.45, 2.75) is 38.5 Å². The molecule has 8 heteroatoms. The Balaban J connectivity index is 1.26. The number of alkyl halides is 3. The highest BCUT2D eigenvalue weighted by atomic mass is 19.4. The van der Waals surface area contributed by atoms with E-state index in [2.05, 4.69) is 23.2 Å². The van der Waals surface area contributed by atoms with Gasteiger partial charge in [-0.2, -0.15) is 13.2 Å². The molecule has 0 radical (unpaired) electrons. The third-order valence-corrected chi connectivity index (χ3v) is 8.15. The van der Waals surface area contributed by atoms with Gasteiger partial charge in [0.25, 0.3) is 0 Å². The number of carbonyl (C=O) groups is 1. The molecule has 0 bridgehead atoms. The Morgan fingerprint density at radius 2 is 1.72 bits per heavy atom. The summed E-state index contributed by atoms with van der Waals surface area (Å²) in [7, 11) is 0. The average Bonchev–Trinajstić information content (AvgIpc) is 3.32. The number of nitrogens with zero attached hydrogens (tertiary/aromatic N) is 4. The van der Waals surface area contributed by atoms with Crippen LogP contribution >= 0.6 is 0 Å². The number of halogens is 3. The number of carbonyl (C=O) groups excluding carboxylic acids is 1. The molecule has 3 aromatic carbocycles. The lowest BCUT2D eigenvalue weighted by Gasteiger charge is -2.19. The number of benzene rings is 3. The van der Waals surface area contributed by atoms with Gasteiger partial charge in [0.15, 0.2) is 0 Å². The summed E-state index contributed by atoms with van der Waals surface area (Å²) in [4.78, 5) is 23.5. The zero-order valence-electron chi connectivity index (χ0n) is 21.3. The number of hydrogen-bond donors (Lipinski definition) is 0. The summed E-state index contributed by atoms with van der Waals surface area (Å²) in [5, 5.41) is 0. The Bertz CT molecular complexity index is 1620. The standard InChI is InChI=1S/C31H27F3N4O/c32-31(33,34)26-2-1-3-27-28(26)38(18-19-12-13-37(17-19)30(39)22-8-9-22)29(36-27)21-6-4-20(5-7-21)23-10-11-24-15-35-16-25(24)14-23/h1-7,10-11,14,16,19,22H,8-9,12-13,15,17-18H2/t19-/m1/s1. The number of hydrogen-bond acceptors (Lipinski definition) is 3. The summed E-state index contributed by atoms with van der Waals surface area (Å²) in [5.74, 6) is 0.915. The maximum absolute atomic E-state index is 14.1. The van der Waals surface area contributed by atoms with Crippen molar-refractivity contribution in [3.8, 4) is 22.5 Å². The molecule has 198 valence electrons.